The molecule has 2 aliphatic heterocycles. The van der Waals surface area contributed by atoms with Gasteiger partial charge in [-0.25, -0.2) is 9.59 Å². The molecule has 0 radical (unpaired) electrons. The third-order valence-corrected chi connectivity index (χ3v) is 16.4. The minimum atomic E-state index is -2.27. The number of hydrogen-bond acceptors (Lipinski definition) is 12. The summed E-state index contributed by atoms with van der Waals surface area (Å²) < 4.78 is 0. The molecule has 0 aromatic heterocycles. The summed E-state index contributed by atoms with van der Waals surface area (Å²) in [5.41, 5.74) is 3.34. The molecule has 60 heavy (non-hydrogen) atoms. The van der Waals surface area contributed by atoms with Gasteiger partial charge in [-0.3, -0.25) is 9.80 Å². The van der Waals surface area contributed by atoms with Crippen molar-refractivity contribution in [3.05, 3.63) is 58.7 Å². The van der Waals surface area contributed by atoms with Gasteiger partial charge in [0.05, 0.1) is 23.4 Å². The third kappa shape index (κ3) is 7.32. The first-order chi connectivity index (χ1) is 28.5. The normalized spacial score (nSPS) is 38.5. The zero-order chi connectivity index (χ0) is 42.8. The molecule has 330 valence electrons. The van der Waals surface area contributed by atoms with E-state index in [1.165, 1.54) is 35.1 Å². The van der Waals surface area contributed by atoms with Gasteiger partial charge in [-0.1, -0.05) is 37.8 Å². The number of piperidine rings is 2. The first kappa shape index (κ1) is 43.3. The lowest BCUT2D eigenvalue weighted by molar-refractivity contribution is -0.171. The molecule has 0 spiro atoms. The van der Waals surface area contributed by atoms with E-state index < -0.39 is 35.3 Å². The molecule has 6 aliphatic carbocycles. The summed E-state index contributed by atoms with van der Waals surface area (Å²) in [4.78, 5) is 24.6. The molecule has 8 aliphatic rings. The first-order valence-corrected chi connectivity index (χ1v) is 22.3. The highest BCUT2D eigenvalue weighted by Crippen LogP contribution is 2.60. The number of aliphatic hydroxyl groups is 6. The standard InChI is InChI=1S/2C21H29NO3.C4H6O6/c2*23-16-4-3-15-11-19-21(25)6-2-1-5-20(21,18(15)12-16)7-8-22(19)13-14-9-17(24)10-14;5-1(3(7)8)2(6)4(9)10/h2*3-4,12,14,17,19,23-25H,1-2,5-11,13H2;1-2,5-6H,(H,7,8)(H,9,10)/t;;1-,2-/m..1/s1. The second kappa shape index (κ2) is 16.4. The Kier molecular flexibility index (Phi) is 11.8. The maximum Gasteiger partial charge on any atom is 0.335 e. The lowest BCUT2D eigenvalue weighted by Crippen LogP contribution is -2.72. The highest BCUT2D eigenvalue weighted by atomic mass is 16.4. The van der Waals surface area contributed by atoms with Crippen molar-refractivity contribution in [2.24, 2.45) is 11.8 Å². The maximum absolute atomic E-state index is 12.0. The zero-order valence-corrected chi connectivity index (χ0v) is 34.4. The molecule has 0 amide bonds. The summed E-state index contributed by atoms with van der Waals surface area (Å²) in [5.74, 6) is -1.73. The van der Waals surface area contributed by atoms with Crippen molar-refractivity contribution < 1.29 is 60.7 Å². The van der Waals surface area contributed by atoms with Crippen molar-refractivity contribution in [2.75, 3.05) is 26.2 Å². The Morgan fingerprint density at radius 1 is 0.600 bits per heavy atom. The summed E-state index contributed by atoms with van der Waals surface area (Å²) in [6.45, 7) is 4.06. The topological polar surface area (TPSA) is 243 Å². The average Bonchev–Trinajstić information content (AvgIpc) is 3.18. The smallest absolute Gasteiger partial charge is 0.335 e. The number of carboxylic acids is 2. The molecule has 14 nitrogen and oxygen atoms in total. The van der Waals surface area contributed by atoms with Crippen LogP contribution in [-0.4, -0.2) is 147 Å². The van der Waals surface area contributed by atoms with Gasteiger partial charge in [0.1, 0.15) is 11.5 Å². The monoisotopic (exact) mass is 836 g/mol. The van der Waals surface area contributed by atoms with Gasteiger partial charge >= 0.3 is 11.9 Å². The van der Waals surface area contributed by atoms with Gasteiger partial charge in [0.15, 0.2) is 12.2 Å². The molecule has 14 heteroatoms. The van der Waals surface area contributed by atoms with Gasteiger partial charge in [0, 0.05) is 36.0 Å². The van der Waals surface area contributed by atoms with Crippen molar-refractivity contribution in [3.63, 3.8) is 0 Å². The predicted molar refractivity (Wildman–Crippen MR) is 219 cm³/mol. The largest absolute Gasteiger partial charge is 0.508 e. The van der Waals surface area contributed by atoms with Crippen LogP contribution < -0.4 is 0 Å². The molecule has 8 atom stereocenters. The van der Waals surface area contributed by atoms with Crippen LogP contribution in [0, 0.1) is 11.8 Å². The molecule has 2 heterocycles. The first-order valence-electron chi connectivity index (χ1n) is 22.3. The van der Waals surface area contributed by atoms with E-state index in [9.17, 15) is 40.2 Å². The van der Waals surface area contributed by atoms with E-state index in [1.807, 2.05) is 12.1 Å². The van der Waals surface area contributed by atoms with Crippen LogP contribution in [0.1, 0.15) is 112 Å². The van der Waals surface area contributed by atoms with E-state index in [0.717, 1.165) is 116 Å². The van der Waals surface area contributed by atoms with Gasteiger partial charge in [-0.05, 0) is 148 Å². The second-order valence-corrected chi connectivity index (χ2v) is 19.6. The van der Waals surface area contributed by atoms with Gasteiger partial charge in [0.25, 0.3) is 0 Å². The number of benzene rings is 2. The molecule has 2 aromatic carbocycles. The van der Waals surface area contributed by atoms with Crippen molar-refractivity contribution in [1.29, 1.82) is 0 Å². The maximum atomic E-state index is 12.0. The van der Waals surface area contributed by atoms with Crippen LogP contribution >= 0.6 is 0 Å². The van der Waals surface area contributed by atoms with Crippen molar-refractivity contribution >= 4 is 11.9 Å². The third-order valence-electron chi connectivity index (χ3n) is 16.4. The molecule has 2 aromatic rings. The van der Waals surface area contributed by atoms with Crippen LogP contribution in [0.3, 0.4) is 0 Å². The number of aliphatic hydroxyl groups excluding tert-OH is 4. The average molecular weight is 837 g/mol. The Bertz CT molecular complexity index is 1780. The minimum absolute atomic E-state index is 0.110. The number of hydrogen-bond donors (Lipinski definition) is 10. The highest BCUT2D eigenvalue weighted by molar-refractivity contribution is 5.83. The summed E-state index contributed by atoms with van der Waals surface area (Å²) in [5, 5.41) is 95.8. The Labute approximate surface area is 351 Å². The number of phenols is 2. The Balaban J connectivity index is 0.000000137. The number of likely N-dealkylation sites (tertiary alicyclic amines) is 2. The van der Waals surface area contributed by atoms with Crippen LogP contribution in [0.4, 0.5) is 0 Å². The molecule has 2 saturated heterocycles. The minimum Gasteiger partial charge on any atom is -0.508 e. The molecule has 4 saturated carbocycles. The van der Waals surface area contributed by atoms with Gasteiger partial charge in [-0.2, -0.15) is 0 Å². The van der Waals surface area contributed by atoms with Crippen LogP contribution in [0.15, 0.2) is 36.4 Å². The van der Waals surface area contributed by atoms with Crippen molar-refractivity contribution in [3.8, 4) is 11.5 Å². The summed E-state index contributed by atoms with van der Waals surface area (Å²) in [7, 11) is 0. The Morgan fingerprint density at radius 2 is 0.967 bits per heavy atom. The number of phenolic OH excluding ortho intramolecular Hbond substituents is 2. The lowest BCUT2D eigenvalue weighted by atomic mass is 9.49. The van der Waals surface area contributed by atoms with Crippen LogP contribution in [0.25, 0.3) is 0 Å². The highest BCUT2D eigenvalue weighted by Gasteiger charge is 2.65. The molecular formula is C46H64N2O12. The zero-order valence-electron chi connectivity index (χ0n) is 34.4. The Hall–Kier alpha value is -3.34. The summed E-state index contributed by atoms with van der Waals surface area (Å²) in [6, 6.07) is 12.0. The number of aromatic hydroxyl groups is 2. The van der Waals surface area contributed by atoms with Crippen LogP contribution in [-0.2, 0) is 33.3 Å². The van der Waals surface area contributed by atoms with Crippen molar-refractivity contribution in [2.45, 2.75) is 161 Å². The SMILES string of the molecule is O=C(O)[C@H](O)[C@@H](O)C(=O)O.Oc1ccc2c(c1)C13CCCCC1(O)C(C2)N(CC1CC(O)C1)CC3.Oc1ccc2c(c1)C13CCCCC1(O)C(C2)N(CC1CC(O)C1)CC3. The van der Waals surface area contributed by atoms with Crippen LogP contribution in [0.5, 0.6) is 11.5 Å². The number of rotatable bonds is 7. The molecule has 4 bridgehead atoms. The Morgan fingerprint density at radius 3 is 1.32 bits per heavy atom. The predicted octanol–water partition coefficient (Wildman–Crippen LogP) is 2.55. The van der Waals surface area contributed by atoms with Gasteiger partial charge < -0.3 is 51.1 Å². The van der Waals surface area contributed by atoms with Crippen LogP contribution in [0.2, 0.25) is 0 Å². The molecular weight excluding hydrogens is 773 g/mol. The van der Waals surface area contributed by atoms with E-state index in [2.05, 4.69) is 21.9 Å². The summed E-state index contributed by atoms with van der Waals surface area (Å²) >= 11 is 0. The van der Waals surface area contributed by atoms with E-state index in [4.69, 9.17) is 20.4 Å². The lowest BCUT2D eigenvalue weighted by Gasteiger charge is -2.64. The number of aliphatic carboxylic acids is 2. The van der Waals surface area contributed by atoms with Crippen molar-refractivity contribution in [1.82, 2.24) is 9.80 Å². The van der Waals surface area contributed by atoms with E-state index in [1.54, 1.807) is 12.1 Å². The number of carboxylic acid groups (broad SMARTS) is 2. The second-order valence-electron chi connectivity index (χ2n) is 19.6. The molecule has 6 fully saturated rings. The fourth-order valence-corrected chi connectivity index (χ4v) is 13.3. The quantitative estimate of drug-likeness (QED) is 0.193. The number of carbonyl (C=O) groups is 2. The molecule has 6 unspecified atom stereocenters. The van der Waals surface area contributed by atoms with E-state index in [0.29, 0.717) is 23.3 Å². The fourth-order valence-electron chi connectivity index (χ4n) is 13.3. The summed E-state index contributed by atoms with van der Waals surface area (Å²) in [6.07, 6.45) is 11.0. The fraction of sp³-hybridized carbons (Fsp3) is 0.696. The number of fused-ring (bicyclic) bond motifs is 2. The van der Waals surface area contributed by atoms with E-state index >= 15 is 0 Å². The molecule has 10 N–H and O–H groups in total. The van der Waals surface area contributed by atoms with Gasteiger partial charge in [0.2, 0.25) is 0 Å². The molecule has 10 rings (SSSR count). The number of nitrogens with zero attached hydrogens (tertiary/aromatic N) is 2. The van der Waals surface area contributed by atoms with Gasteiger partial charge in [-0.15, -0.1) is 0 Å². The van der Waals surface area contributed by atoms with E-state index in [-0.39, 0.29) is 35.1 Å².